The average Bonchev–Trinajstić information content (AvgIpc) is 2.99. The van der Waals surface area contributed by atoms with Gasteiger partial charge in [0.05, 0.1) is 27.6 Å². The Morgan fingerprint density at radius 2 is 1.94 bits per heavy atom. The summed E-state index contributed by atoms with van der Waals surface area (Å²) >= 11 is 0.903. The monoisotopic (exact) mass is 479 g/mol. The molecule has 170 valence electrons. The third-order valence-electron chi connectivity index (χ3n) is 3.95. The smallest absolute Gasteiger partial charge is 0.417 e. The van der Waals surface area contributed by atoms with Crippen molar-refractivity contribution >= 4 is 38.3 Å². The van der Waals surface area contributed by atoms with Crippen LogP contribution in [0.3, 0.4) is 0 Å². The number of ether oxygens (including phenoxy) is 1. The molecule has 2 N–H and O–H groups in total. The van der Waals surface area contributed by atoms with Crippen molar-refractivity contribution in [3.8, 4) is 10.4 Å². The van der Waals surface area contributed by atoms with E-state index in [2.05, 4.69) is 15.6 Å². The lowest BCUT2D eigenvalue weighted by atomic mass is 10.1. The molecule has 1 atom stereocenters. The van der Waals surface area contributed by atoms with Gasteiger partial charge in [0.15, 0.2) is 15.0 Å². The van der Waals surface area contributed by atoms with E-state index in [1.165, 1.54) is 19.9 Å². The van der Waals surface area contributed by atoms with Gasteiger partial charge in [-0.25, -0.2) is 23.0 Å². The van der Waals surface area contributed by atoms with Crippen LogP contribution in [0.5, 0.6) is 0 Å². The van der Waals surface area contributed by atoms with Crippen molar-refractivity contribution in [3.05, 3.63) is 29.5 Å². The number of nitrogens with one attached hydrogen (secondary N) is 2. The molecule has 8 nitrogen and oxygen atoms in total. The van der Waals surface area contributed by atoms with Gasteiger partial charge in [0, 0.05) is 6.26 Å². The van der Waals surface area contributed by atoms with Gasteiger partial charge in [0.1, 0.15) is 6.04 Å². The van der Waals surface area contributed by atoms with E-state index in [1.54, 1.807) is 6.92 Å². The van der Waals surface area contributed by atoms with Crippen molar-refractivity contribution in [1.29, 1.82) is 0 Å². The van der Waals surface area contributed by atoms with Crippen LogP contribution in [0.2, 0.25) is 0 Å². The summed E-state index contributed by atoms with van der Waals surface area (Å²) < 4.78 is 68.5. The lowest BCUT2D eigenvalue weighted by Gasteiger charge is -2.13. The minimum atomic E-state index is -4.88. The van der Waals surface area contributed by atoms with Gasteiger partial charge < -0.3 is 10.1 Å². The molecular weight excluding hydrogens is 459 g/mol. The van der Waals surface area contributed by atoms with Crippen LogP contribution >= 0.6 is 11.3 Å². The molecule has 1 heterocycles. The Hall–Kier alpha value is -2.67. The van der Waals surface area contributed by atoms with E-state index in [-0.39, 0.29) is 17.3 Å². The Labute approximate surface area is 180 Å². The number of hydrogen-bond acceptors (Lipinski definition) is 7. The summed E-state index contributed by atoms with van der Waals surface area (Å²) in [7, 11) is -4.09. The van der Waals surface area contributed by atoms with Gasteiger partial charge in [-0.2, -0.15) is 13.2 Å². The summed E-state index contributed by atoms with van der Waals surface area (Å²) in [6.07, 6.45) is -4.18. The Bertz CT molecular complexity index is 1100. The molecule has 31 heavy (non-hydrogen) atoms. The minimum Gasteiger partial charge on any atom is -0.464 e. The maximum Gasteiger partial charge on any atom is 0.417 e. The zero-order valence-corrected chi connectivity index (χ0v) is 18.6. The number of sulfone groups is 1. The SMILES string of the molecule is CCOC(=O)[C@H](C)NC(=O)Nc1nc(C)c(-c2ccc(S(C)(=O)=O)c(C(F)(F)F)c2)s1. The zero-order chi connectivity index (χ0) is 23.6. The summed E-state index contributed by atoms with van der Waals surface area (Å²) in [6, 6.07) is 1.22. The molecule has 13 heteroatoms. The molecule has 2 amide bonds. The van der Waals surface area contributed by atoms with E-state index >= 15 is 0 Å². The third kappa shape index (κ3) is 6.17. The van der Waals surface area contributed by atoms with Gasteiger partial charge in [0.25, 0.3) is 0 Å². The Balaban J connectivity index is 2.30. The highest BCUT2D eigenvalue weighted by Crippen LogP contribution is 2.39. The summed E-state index contributed by atoms with van der Waals surface area (Å²) in [6.45, 7) is 4.74. The molecule has 0 aliphatic heterocycles. The number of benzene rings is 1. The molecule has 2 aromatic rings. The van der Waals surface area contributed by atoms with Crippen molar-refractivity contribution in [1.82, 2.24) is 10.3 Å². The Morgan fingerprint density at radius 3 is 2.48 bits per heavy atom. The van der Waals surface area contributed by atoms with Gasteiger partial charge in [0.2, 0.25) is 0 Å². The first kappa shape index (κ1) is 24.6. The molecule has 0 fully saturated rings. The molecule has 0 aliphatic carbocycles. The molecule has 0 unspecified atom stereocenters. The lowest BCUT2D eigenvalue weighted by Crippen LogP contribution is -2.41. The molecule has 0 saturated carbocycles. The Morgan fingerprint density at radius 1 is 1.29 bits per heavy atom. The number of carbonyl (C=O) groups is 2. The highest BCUT2D eigenvalue weighted by molar-refractivity contribution is 7.90. The van der Waals surface area contributed by atoms with Crippen LogP contribution in [0.4, 0.5) is 23.1 Å². The first-order chi connectivity index (χ1) is 14.2. The number of rotatable bonds is 6. The lowest BCUT2D eigenvalue weighted by molar-refractivity contribution is -0.144. The maximum absolute atomic E-state index is 13.4. The zero-order valence-electron chi connectivity index (χ0n) is 17.0. The van der Waals surface area contributed by atoms with Crippen molar-refractivity contribution < 1.29 is 35.9 Å². The van der Waals surface area contributed by atoms with Crippen molar-refractivity contribution in [2.24, 2.45) is 0 Å². The number of alkyl halides is 3. The van der Waals surface area contributed by atoms with Gasteiger partial charge in [-0.3, -0.25) is 5.32 Å². The number of nitrogens with zero attached hydrogens (tertiary/aromatic N) is 1. The normalized spacial score (nSPS) is 12.9. The van der Waals surface area contributed by atoms with Crippen LogP contribution in [0.25, 0.3) is 10.4 Å². The molecular formula is C18H20F3N3O5S2. The van der Waals surface area contributed by atoms with E-state index in [1.807, 2.05) is 0 Å². The Kier molecular flexibility index (Phi) is 7.32. The largest absolute Gasteiger partial charge is 0.464 e. The number of aromatic nitrogens is 1. The maximum atomic E-state index is 13.4. The number of carbonyl (C=O) groups excluding carboxylic acids is 2. The number of anilines is 1. The summed E-state index contributed by atoms with van der Waals surface area (Å²) in [4.78, 5) is 27.2. The van der Waals surface area contributed by atoms with E-state index in [4.69, 9.17) is 4.74 Å². The van der Waals surface area contributed by atoms with E-state index < -0.39 is 44.5 Å². The second-order valence-corrected chi connectivity index (χ2v) is 9.47. The number of thiazole rings is 1. The average molecular weight is 480 g/mol. The standard InChI is InChI=1S/C18H20F3N3O5S2/c1-5-29-15(25)10(3)22-16(26)24-17-23-9(2)14(30-17)11-6-7-13(31(4,27)28)12(8-11)18(19,20)21/h6-8,10H,5H2,1-4H3,(H2,22,23,24,26)/t10-/m0/s1. The van der Waals surface area contributed by atoms with Crippen LogP contribution < -0.4 is 10.6 Å². The van der Waals surface area contributed by atoms with Gasteiger partial charge in [-0.1, -0.05) is 17.4 Å². The van der Waals surface area contributed by atoms with Crippen molar-refractivity contribution in [3.63, 3.8) is 0 Å². The number of amides is 2. The first-order valence-electron chi connectivity index (χ1n) is 8.87. The summed E-state index contributed by atoms with van der Waals surface area (Å²) in [5.74, 6) is -0.626. The topological polar surface area (TPSA) is 114 Å². The van der Waals surface area contributed by atoms with Crippen molar-refractivity contribution in [2.75, 3.05) is 18.2 Å². The highest BCUT2D eigenvalue weighted by atomic mass is 32.2. The first-order valence-corrected chi connectivity index (χ1v) is 11.6. The van der Waals surface area contributed by atoms with Gasteiger partial charge in [-0.05, 0) is 38.5 Å². The quantitative estimate of drug-likeness (QED) is 0.612. The fourth-order valence-electron chi connectivity index (χ4n) is 2.59. The van der Waals surface area contributed by atoms with E-state index in [0.717, 1.165) is 23.5 Å². The van der Waals surface area contributed by atoms with Crippen LogP contribution in [-0.4, -0.2) is 44.3 Å². The number of halogens is 3. The summed E-state index contributed by atoms with van der Waals surface area (Å²) in [5, 5.41) is 4.86. The van der Waals surface area contributed by atoms with Gasteiger partial charge >= 0.3 is 18.2 Å². The van der Waals surface area contributed by atoms with Crippen LogP contribution in [0.1, 0.15) is 25.1 Å². The number of esters is 1. The fourth-order valence-corrected chi connectivity index (χ4v) is 4.44. The number of aryl methyl sites for hydroxylation is 1. The second-order valence-electron chi connectivity index (χ2n) is 6.49. The van der Waals surface area contributed by atoms with E-state index in [9.17, 15) is 31.2 Å². The number of hydrogen-bond donors (Lipinski definition) is 2. The molecule has 0 saturated heterocycles. The molecule has 1 aromatic heterocycles. The van der Waals surface area contributed by atoms with E-state index in [0.29, 0.717) is 16.8 Å². The molecule has 0 spiro atoms. The summed E-state index contributed by atoms with van der Waals surface area (Å²) in [5.41, 5.74) is -0.849. The predicted molar refractivity (Wildman–Crippen MR) is 109 cm³/mol. The van der Waals surface area contributed by atoms with Crippen LogP contribution in [0.15, 0.2) is 23.1 Å². The molecule has 0 bridgehead atoms. The molecule has 1 aromatic carbocycles. The fraction of sp³-hybridized carbons (Fsp3) is 0.389. The number of urea groups is 1. The van der Waals surface area contributed by atoms with Crippen LogP contribution in [0, 0.1) is 6.92 Å². The van der Waals surface area contributed by atoms with Crippen LogP contribution in [-0.2, 0) is 25.5 Å². The predicted octanol–water partition coefficient (Wildman–Crippen LogP) is 3.61. The van der Waals surface area contributed by atoms with Crippen molar-refractivity contribution in [2.45, 2.75) is 37.9 Å². The second kappa shape index (κ2) is 9.22. The third-order valence-corrected chi connectivity index (χ3v) is 6.23. The minimum absolute atomic E-state index is 0.0850. The highest BCUT2D eigenvalue weighted by Gasteiger charge is 2.36. The molecule has 0 aliphatic rings. The van der Waals surface area contributed by atoms with Gasteiger partial charge in [-0.15, -0.1) is 0 Å². The molecule has 2 rings (SSSR count). The molecule has 0 radical (unpaired) electrons.